The van der Waals surface area contributed by atoms with Crippen molar-refractivity contribution in [3.8, 4) is 0 Å². The molecular formula is C52H65N5O13. The zero-order valence-corrected chi connectivity index (χ0v) is 40.4. The molecule has 0 fully saturated rings. The number of para-hydroxylation sites is 1. The molecule has 18 heteroatoms. The number of carbonyl (C=O) groups is 7. The minimum absolute atomic E-state index is 0.132. The molecule has 4 N–H and O–H groups in total. The van der Waals surface area contributed by atoms with Gasteiger partial charge in [0.15, 0.2) is 18.3 Å². The molecule has 2 heterocycles. The van der Waals surface area contributed by atoms with Gasteiger partial charge in [0.05, 0.1) is 18.1 Å². The Hall–Kier alpha value is -7.21. The summed E-state index contributed by atoms with van der Waals surface area (Å²) in [4.78, 5) is 96.3. The summed E-state index contributed by atoms with van der Waals surface area (Å²) in [6.07, 6.45) is 2.29. The molecule has 18 nitrogen and oxygen atoms in total. The smallest absolute Gasteiger partial charge is 0.303 e. The van der Waals surface area contributed by atoms with E-state index in [9.17, 15) is 38.7 Å². The summed E-state index contributed by atoms with van der Waals surface area (Å²) in [7, 11) is 0. The zero-order chi connectivity index (χ0) is 50.8. The van der Waals surface area contributed by atoms with Gasteiger partial charge >= 0.3 is 29.8 Å². The maximum Gasteiger partial charge on any atom is 0.303 e. The van der Waals surface area contributed by atoms with Crippen molar-refractivity contribution in [2.45, 2.75) is 135 Å². The van der Waals surface area contributed by atoms with Crippen molar-refractivity contribution < 1.29 is 62.4 Å². The molecule has 4 aromatic rings. The first-order valence-corrected chi connectivity index (χ1v) is 23.4. The molecule has 70 heavy (non-hydrogen) atoms. The lowest BCUT2D eigenvalue weighted by Gasteiger charge is -2.34. The Kier molecular flexibility index (Phi) is 23.4. The van der Waals surface area contributed by atoms with Gasteiger partial charge in [-0.25, -0.2) is 4.98 Å². The predicted molar refractivity (Wildman–Crippen MR) is 257 cm³/mol. The van der Waals surface area contributed by atoms with Crippen molar-refractivity contribution in [2.24, 2.45) is 0 Å². The maximum atomic E-state index is 13.5. The highest BCUT2D eigenvalue weighted by molar-refractivity contribution is 5.91. The SMILES string of the molecule is CC(=O)OC[C@@H](OC(C)=O)[C@@H](OC(C)=O)[C@H](OC(C)=O)[C@@H](OC(C)=O)C(=O)NCCCCCCCCCCC(=O)Nc1ccccc1[C@@H](Nc1ccccn1)[C@H](c1ccccn1)[C@H](O)c1ccccc1. The molecule has 0 unspecified atom stereocenters. The van der Waals surface area contributed by atoms with Gasteiger partial charge in [0, 0.05) is 71.4 Å². The van der Waals surface area contributed by atoms with Crippen molar-refractivity contribution in [1.29, 1.82) is 0 Å². The van der Waals surface area contributed by atoms with Crippen LogP contribution in [0.4, 0.5) is 11.5 Å². The largest absolute Gasteiger partial charge is 0.462 e. The zero-order valence-electron chi connectivity index (χ0n) is 40.4. The van der Waals surface area contributed by atoms with E-state index in [0.717, 1.165) is 84.3 Å². The normalized spacial score (nSPS) is 13.9. The van der Waals surface area contributed by atoms with Gasteiger partial charge < -0.3 is 44.7 Å². The molecule has 0 saturated heterocycles. The number of ether oxygens (including phenoxy) is 5. The average Bonchev–Trinajstić information content (AvgIpc) is 3.33. The van der Waals surface area contributed by atoms with Crippen molar-refractivity contribution >= 4 is 53.2 Å². The second-order valence-corrected chi connectivity index (χ2v) is 16.6. The molecule has 0 saturated carbocycles. The van der Waals surface area contributed by atoms with Gasteiger partial charge in [-0.15, -0.1) is 0 Å². The fourth-order valence-corrected chi connectivity index (χ4v) is 7.89. The van der Waals surface area contributed by atoms with Crippen LogP contribution in [0.25, 0.3) is 0 Å². The number of hydrogen-bond donors (Lipinski definition) is 4. The standard InChI is InChI=1S/C52H65N5O13/c1-34(58)66-33-43(67-35(2)59)49(68-36(3)60)50(69-37(4)61)51(70-38(5)62)52(65)55-32-20-11-9-7-6-8-10-15-29-45(63)56-41-26-17-16-25-40(41)47(57-44-28-19-22-31-54-44)46(42-27-18-21-30-53-42)48(64)39-23-13-12-14-24-39/h12-14,16-19,21-28,30-31,43,46-51,64H,6-11,15,20,29,32-33H2,1-5H3,(H,54,57)(H,55,65)(H,56,63)/t43-,46+,47-,48-,49-,50+,51-/m1/s1. The molecule has 7 atom stereocenters. The summed E-state index contributed by atoms with van der Waals surface area (Å²) >= 11 is 0. The number of nitrogens with one attached hydrogen (secondary N) is 3. The number of amides is 2. The van der Waals surface area contributed by atoms with Gasteiger partial charge in [-0.2, -0.15) is 0 Å². The van der Waals surface area contributed by atoms with Crippen LogP contribution in [0, 0.1) is 0 Å². The van der Waals surface area contributed by atoms with E-state index in [1.54, 1.807) is 12.4 Å². The molecule has 376 valence electrons. The van der Waals surface area contributed by atoms with Crippen LogP contribution in [0.15, 0.2) is 103 Å². The van der Waals surface area contributed by atoms with Crippen LogP contribution in [0.3, 0.4) is 0 Å². The number of anilines is 2. The van der Waals surface area contributed by atoms with Gasteiger partial charge in [-0.1, -0.05) is 99.2 Å². The lowest BCUT2D eigenvalue weighted by molar-refractivity contribution is -0.203. The number of carbonyl (C=O) groups excluding carboxylic acids is 7. The van der Waals surface area contributed by atoms with Crippen molar-refractivity contribution in [1.82, 2.24) is 15.3 Å². The van der Waals surface area contributed by atoms with Crippen LogP contribution in [0.5, 0.6) is 0 Å². The molecule has 2 aromatic carbocycles. The number of nitrogens with zero attached hydrogens (tertiary/aromatic N) is 2. The van der Waals surface area contributed by atoms with E-state index in [1.165, 1.54) is 0 Å². The van der Waals surface area contributed by atoms with Crippen LogP contribution in [0.2, 0.25) is 0 Å². The van der Waals surface area contributed by atoms with Crippen LogP contribution in [0.1, 0.15) is 127 Å². The van der Waals surface area contributed by atoms with Gasteiger partial charge in [-0.3, -0.25) is 38.5 Å². The van der Waals surface area contributed by atoms with Crippen LogP contribution < -0.4 is 16.0 Å². The minimum atomic E-state index is -1.84. The highest BCUT2D eigenvalue weighted by Gasteiger charge is 2.47. The van der Waals surface area contributed by atoms with Crippen LogP contribution in [-0.2, 0) is 57.2 Å². The Balaban J connectivity index is 1.29. The molecule has 0 aliphatic rings. The predicted octanol–water partition coefficient (Wildman–Crippen LogP) is 7.00. The topological polar surface area (TPSA) is 248 Å². The number of aliphatic hydroxyl groups is 1. The first-order chi connectivity index (χ1) is 33.6. The Labute approximate surface area is 408 Å². The number of rotatable bonds is 29. The molecule has 0 spiro atoms. The summed E-state index contributed by atoms with van der Waals surface area (Å²) in [5.41, 5.74) is 2.76. The first kappa shape index (κ1) is 55.4. The third-order valence-electron chi connectivity index (χ3n) is 10.9. The maximum absolute atomic E-state index is 13.5. The van der Waals surface area contributed by atoms with Crippen LogP contribution >= 0.6 is 0 Å². The number of benzene rings is 2. The van der Waals surface area contributed by atoms with E-state index >= 15 is 0 Å². The highest BCUT2D eigenvalue weighted by Crippen LogP contribution is 2.44. The van der Waals surface area contributed by atoms with E-state index in [4.69, 9.17) is 23.7 Å². The molecule has 4 rings (SSSR count). The Morgan fingerprint density at radius 2 is 1.16 bits per heavy atom. The van der Waals surface area contributed by atoms with E-state index in [0.29, 0.717) is 36.5 Å². The van der Waals surface area contributed by atoms with E-state index < -0.39 is 84.8 Å². The van der Waals surface area contributed by atoms with E-state index in [2.05, 4.69) is 25.9 Å². The third kappa shape index (κ3) is 19.1. The molecule has 0 bridgehead atoms. The molecule has 2 aromatic heterocycles. The molecule has 0 aliphatic carbocycles. The lowest BCUT2D eigenvalue weighted by atomic mass is 9.82. The quantitative estimate of drug-likeness (QED) is 0.0243. The van der Waals surface area contributed by atoms with E-state index in [-0.39, 0.29) is 12.5 Å². The number of hydrogen-bond acceptors (Lipinski definition) is 16. The monoisotopic (exact) mass is 967 g/mol. The minimum Gasteiger partial charge on any atom is -0.462 e. The fourth-order valence-electron chi connectivity index (χ4n) is 7.89. The molecule has 2 amide bonds. The van der Waals surface area contributed by atoms with Crippen molar-refractivity contribution in [2.75, 3.05) is 23.8 Å². The second-order valence-electron chi connectivity index (χ2n) is 16.6. The van der Waals surface area contributed by atoms with Crippen molar-refractivity contribution in [3.63, 3.8) is 0 Å². The average molecular weight is 968 g/mol. The number of aromatic nitrogens is 2. The van der Waals surface area contributed by atoms with E-state index in [1.807, 2.05) is 91.0 Å². The molecule has 0 aliphatic heterocycles. The fraction of sp³-hybridized carbons (Fsp3) is 0.442. The van der Waals surface area contributed by atoms with Gasteiger partial charge in [-0.05, 0) is 54.3 Å². The highest BCUT2D eigenvalue weighted by atomic mass is 16.6. The lowest BCUT2D eigenvalue weighted by Crippen LogP contribution is -2.57. The number of unbranched alkanes of at least 4 members (excludes halogenated alkanes) is 7. The van der Waals surface area contributed by atoms with Gasteiger partial charge in [0.1, 0.15) is 12.4 Å². The molecular weight excluding hydrogens is 903 g/mol. The number of aliphatic hydroxyl groups excluding tert-OH is 1. The van der Waals surface area contributed by atoms with Crippen molar-refractivity contribution in [3.05, 3.63) is 120 Å². The molecule has 0 radical (unpaired) electrons. The Bertz CT molecular complexity index is 2290. The summed E-state index contributed by atoms with van der Waals surface area (Å²) < 4.78 is 26.2. The van der Waals surface area contributed by atoms with Gasteiger partial charge in [0.2, 0.25) is 12.0 Å². The Morgan fingerprint density at radius 3 is 1.76 bits per heavy atom. The second kappa shape index (κ2) is 29.6. The summed E-state index contributed by atoms with van der Waals surface area (Å²) in [5, 5.41) is 21.4. The number of pyridine rings is 2. The summed E-state index contributed by atoms with van der Waals surface area (Å²) in [5.74, 6) is -5.37. The first-order valence-electron chi connectivity index (χ1n) is 23.4. The Morgan fingerprint density at radius 1 is 0.586 bits per heavy atom. The summed E-state index contributed by atoms with van der Waals surface area (Å²) in [6, 6.07) is 27.5. The van der Waals surface area contributed by atoms with Gasteiger partial charge in [0.25, 0.3) is 5.91 Å². The van der Waals surface area contributed by atoms with Crippen LogP contribution in [-0.4, -0.2) is 94.3 Å². The summed E-state index contributed by atoms with van der Waals surface area (Å²) in [6.45, 7) is 4.75. The third-order valence-corrected chi connectivity index (χ3v) is 10.9. The number of esters is 5.